The van der Waals surface area contributed by atoms with E-state index in [2.05, 4.69) is 6.58 Å². The van der Waals surface area contributed by atoms with Gasteiger partial charge in [0.25, 0.3) is 0 Å². The van der Waals surface area contributed by atoms with E-state index in [1.807, 2.05) is 13.0 Å². The highest BCUT2D eigenvalue weighted by Crippen LogP contribution is 1.92. The van der Waals surface area contributed by atoms with Crippen molar-refractivity contribution in [3.8, 4) is 0 Å². The summed E-state index contributed by atoms with van der Waals surface area (Å²) in [5.41, 5.74) is 0. The minimum atomic E-state index is 0.819. The van der Waals surface area contributed by atoms with Crippen LogP contribution in [-0.4, -0.2) is 7.11 Å². The van der Waals surface area contributed by atoms with Crippen LogP contribution in [0.2, 0.25) is 0 Å². The monoisotopic (exact) mass is 98.1 g/mol. The topological polar surface area (TPSA) is 9.23 Å². The molecule has 0 amide bonds. The molecule has 0 spiro atoms. The van der Waals surface area contributed by atoms with Gasteiger partial charge in [0.1, 0.15) is 5.76 Å². The van der Waals surface area contributed by atoms with Crippen molar-refractivity contribution in [1.29, 1.82) is 0 Å². The van der Waals surface area contributed by atoms with Gasteiger partial charge < -0.3 is 4.74 Å². The van der Waals surface area contributed by atoms with Gasteiger partial charge in [-0.25, -0.2) is 0 Å². The standard InChI is InChI=1S/C6H10O/c1-4-6(5-2)7-3/h4-5H,1H2,2-3H3/b6-5-. The fourth-order valence-electron chi connectivity index (χ4n) is 0.319. The number of hydrogen-bond acceptors (Lipinski definition) is 1. The largest absolute Gasteiger partial charge is 0.497 e. The molecule has 0 aromatic rings. The average Bonchev–Trinajstić information content (AvgIpc) is 1.72. The molecule has 7 heavy (non-hydrogen) atoms. The Morgan fingerprint density at radius 1 is 1.71 bits per heavy atom. The van der Waals surface area contributed by atoms with Crippen LogP contribution in [-0.2, 0) is 4.74 Å². The lowest BCUT2D eigenvalue weighted by Crippen LogP contribution is -1.76. The number of allylic oxidation sites excluding steroid dienone is 2. The van der Waals surface area contributed by atoms with Crippen LogP contribution in [0.4, 0.5) is 0 Å². The van der Waals surface area contributed by atoms with Crippen molar-refractivity contribution in [1.82, 2.24) is 0 Å². The van der Waals surface area contributed by atoms with Gasteiger partial charge in [-0.1, -0.05) is 6.58 Å². The molecule has 40 valence electrons. The number of methoxy groups -OCH3 is 1. The smallest absolute Gasteiger partial charge is 0.114 e. The number of ether oxygens (including phenoxy) is 1. The molecule has 0 aliphatic carbocycles. The van der Waals surface area contributed by atoms with Crippen LogP contribution in [0.5, 0.6) is 0 Å². The Labute approximate surface area is 44.3 Å². The second-order valence-corrected chi connectivity index (χ2v) is 1.10. The molecule has 0 aromatic heterocycles. The molecule has 0 aromatic carbocycles. The van der Waals surface area contributed by atoms with Crippen molar-refractivity contribution >= 4 is 0 Å². The summed E-state index contributed by atoms with van der Waals surface area (Å²) >= 11 is 0. The highest BCUT2D eigenvalue weighted by atomic mass is 16.5. The molecular weight excluding hydrogens is 88.1 g/mol. The van der Waals surface area contributed by atoms with Crippen LogP contribution in [0, 0.1) is 0 Å². The lowest BCUT2D eigenvalue weighted by Gasteiger charge is -1.93. The van der Waals surface area contributed by atoms with Gasteiger partial charge in [0, 0.05) is 0 Å². The molecule has 1 nitrogen and oxygen atoms in total. The molecule has 0 rings (SSSR count). The van der Waals surface area contributed by atoms with Gasteiger partial charge >= 0.3 is 0 Å². The van der Waals surface area contributed by atoms with Crippen molar-refractivity contribution in [2.24, 2.45) is 0 Å². The third-order valence-corrected chi connectivity index (χ3v) is 0.721. The molecule has 0 radical (unpaired) electrons. The van der Waals surface area contributed by atoms with E-state index in [1.165, 1.54) is 0 Å². The quantitative estimate of drug-likeness (QED) is 0.377. The lowest BCUT2D eigenvalue weighted by molar-refractivity contribution is 0.306. The highest BCUT2D eigenvalue weighted by molar-refractivity contribution is 5.06. The maximum atomic E-state index is 4.79. The molecule has 0 atom stereocenters. The Morgan fingerprint density at radius 2 is 2.29 bits per heavy atom. The van der Waals surface area contributed by atoms with E-state index in [0.717, 1.165) is 5.76 Å². The normalized spacial score (nSPS) is 10.9. The first-order chi connectivity index (χ1) is 3.35. The number of hydrogen-bond donors (Lipinski definition) is 0. The van der Waals surface area contributed by atoms with Crippen LogP contribution in [0.15, 0.2) is 24.5 Å². The Bertz CT molecular complexity index is 82.2. The zero-order chi connectivity index (χ0) is 5.70. The van der Waals surface area contributed by atoms with E-state index in [4.69, 9.17) is 4.74 Å². The molecule has 0 N–H and O–H groups in total. The van der Waals surface area contributed by atoms with Gasteiger partial charge in [-0.15, -0.1) is 0 Å². The highest BCUT2D eigenvalue weighted by Gasteiger charge is 1.77. The summed E-state index contributed by atoms with van der Waals surface area (Å²) in [5.74, 6) is 0.819. The zero-order valence-electron chi connectivity index (χ0n) is 4.77. The summed E-state index contributed by atoms with van der Waals surface area (Å²) in [4.78, 5) is 0. The Balaban J connectivity index is 3.60. The van der Waals surface area contributed by atoms with Gasteiger partial charge in [0.15, 0.2) is 0 Å². The van der Waals surface area contributed by atoms with Crippen LogP contribution in [0.1, 0.15) is 6.92 Å². The van der Waals surface area contributed by atoms with Gasteiger partial charge in [-0.3, -0.25) is 0 Å². The third kappa shape index (κ3) is 2.04. The van der Waals surface area contributed by atoms with Gasteiger partial charge in [0.05, 0.1) is 7.11 Å². The summed E-state index contributed by atoms with van der Waals surface area (Å²) in [5, 5.41) is 0. The Hall–Kier alpha value is -0.720. The van der Waals surface area contributed by atoms with E-state index in [0.29, 0.717) is 0 Å². The molecule has 0 saturated carbocycles. The lowest BCUT2D eigenvalue weighted by atomic mass is 10.5. The predicted molar refractivity (Wildman–Crippen MR) is 31.0 cm³/mol. The summed E-state index contributed by atoms with van der Waals surface area (Å²) in [6.45, 7) is 5.41. The molecule has 0 aliphatic heterocycles. The summed E-state index contributed by atoms with van der Waals surface area (Å²) in [6, 6.07) is 0. The molecule has 0 heterocycles. The second kappa shape index (κ2) is 3.47. The van der Waals surface area contributed by atoms with Crippen molar-refractivity contribution in [3.63, 3.8) is 0 Å². The molecular formula is C6H10O. The fraction of sp³-hybridized carbons (Fsp3) is 0.333. The number of rotatable bonds is 2. The molecule has 0 aliphatic rings. The second-order valence-electron chi connectivity index (χ2n) is 1.10. The van der Waals surface area contributed by atoms with E-state index >= 15 is 0 Å². The average molecular weight is 98.1 g/mol. The first-order valence-electron chi connectivity index (χ1n) is 2.18. The zero-order valence-corrected chi connectivity index (χ0v) is 4.77. The van der Waals surface area contributed by atoms with Crippen molar-refractivity contribution in [2.75, 3.05) is 7.11 Å². The summed E-state index contributed by atoms with van der Waals surface area (Å²) in [6.07, 6.45) is 3.52. The van der Waals surface area contributed by atoms with Crippen LogP contribution >= 0.6 is 0 Å². The first kappa shape index (κ1) is 6.28. The molecule has 0 saturated heterocycles. The van der Waals surface area contributed by atoms with E-state index in [-0.39, 0.29) is 0 Å². The van der Waals surface area contributed by atoms with E-state index < -0.39 is 0 Å². The molecule has 0 bridgehead atoms. The first-order valence-corrected chi connectivity index (χ1v) is 2.18. The Morgan fingerprint density at radius 3 is 2.29 bits per heavy atom. The van der Waals surface area contributed by atoms with Crippen LogP contribution < -0.4 is 0 Å². The van der Waals surface area contributed by atoms with Gasteiger partial charge in [-0.2, -0.15) is 0 Å². The molecule has 0 fully saturated rings. The summed E-state index contributed by atoms with van der Waals surface area (Å²) < 4.78 is 4.79. The van der Waals surface area contributed by atoms with Crippen molar-refractivity contribution < 1.29 is 4.74 Å². The van der Waals surface area contributed by atoms with Gasteiger partial charge in [0.2, 0.25) is 0 Å². The SMILES string of the molecule is C=C/C(=C/C)OC. The molecule has 1 heteroatoms. The van der Waals surface area contributed by atoms with E-state index in [1.54, 1.807) is 13.2 Å². The predicted octanol–water partition coefficient (Wildman–Crippen LogP) is 1.72. The van der Waals surface area contributed by atoms with Gasteiger partial charge in [-0.05, 0) is 19.1 Å². The minimum absolute atomic E-state index is 0.819. The van der Waals surface area contributed by atoms with Crippen LogP contribution in [0.25, 0.3) is 0 Å². The molecule has 0 unspecified atom stereocenters. The van der Waals surface area contributed by atoms with Crippen molar-refractivity contribution in [2.45, 2.75) is 6.92 Å². The fourth-order valence-corrected chi connectivity index (χ4v) is 0.319. The maximum Gasteiger partial charge on any atom is 0.114 e. The van der Waals surface area contributed by atoms with E-state index in [9.17, 15) is 0 Å². The Kier molecular flexibility index (Phi) is 3.11. The van der Waals surface area contributed by atoms with Crippen LogP contribution in [0.3, 0.4) is 0 Å². The minimum Gasteiger partial charge on any atom is -0.497 e. The third-order valence-electron chi connectivity index (χ3n) is 0.721. The maximum absolute atomic E-state index is 4.79. The van der Waals surface area contributed by atoms with Crippen molar-refractivity contribution in [3.05, 3.63) is 24.5 Å². The summed E-state index contributed by atoms with van der Waals surface area (Å²) in [7, 11) is 1.62.